The number of halogens is 6. The normalized spacial score (nSPS) is 24.9. The van der Waals surface area contributed by atoms with E-state index in [9.17, 15) is 46.8 Å². The molecule has 2 heterocycles. The van der Waals surface area contributed by atoms with Gasteiger partial charge in [0.2, 0.25) is 0 Å². The lowest BCUT2D eigenvalue weighted by atomic mass is 9.96. The summed E-state index contributed by atoms with van der Waals surface area (Å²) in [6.45, 7) is -0.696. The van der Waals surface area contributed by atoms with E-state index in [1.807, 2.05) is 0 Å². The zero-order valence-electron chi connectivity index (χ0n) is 22.2. The number of benzene rings is 3. The average Bonchev–Trinajstić information content (AvgIpc) is 3.46. The van der Waals surface area contributed by atoms with Gasteiger partial charge in [-0.25, -0.2) is 28.7 Å². The predicted molar refractivity (Wildman–Crippen MR) is 147 cm³/mol. The summed E-state index contributed by atoms with van der Waals surface area (Å²) in [6, 6.07) is 12.9. The van der Waals surface area contributed by atoms with E-state index >= 15 is 0 Å². The lowest BCUT2D eigenvalue weighted by Crippen LogP contribution is -2.51. The van der Waals surface area contributed by atoms with Gasteiger partial charge in [0.05, 0.1) is 36.7 Å². The number of aromatic nitrogens is 3. The second kappa shape index (κ2) is 12.3. The standard InChI is InChI=1S/C29H27F6N3O4S/c30-19-10-16(11-20(31)24(19)32)21-12-38(37-36-21)25-22(40)14-43(23(13-39)27(25)42)28(26(41)15-6-2-1-3-7-15)17-8-4-5-9-18(17)29(33,34)35/h1-12,22-23,25-28,39-43H,13-14H2/t22-,23+,25-,26?,27-,28?/m0/s1. The topological polar surface area (TPSA) is 112 Å². The third kappa shape index (κ3) is 6.02. The largest absolute Gasteiger partial charge is 0.416 e. The Hall–Kier alpha value is -3.43. The summed E-state index contributed by atoms with van der Waals surface area (Å²) in [5.41, 5.74) is -1.19. The molecule has 1 fully saturated rings. The fourth-order valence-corrected chi connectivity index (χ4v) is 9.06. The van der Waals surface area contributed by atoms with E-state index < -0.39 is 81.5 Å². The molecule has 0 radical (unpaired) electrons. The van der Waals surface area contributed by atoms with Crippen LogP contribution < -0.4 is 0 Å². The summed E-state index contributed by atoms with van der Waals surface area (Å²) in [4.78, 5) is 0. The molecule has 43 heavy (non-hydrogen) atoms. The van der Waals surface area contributed by atoms with E-state index in [1.165, 1.54) is 24.4 Å². The molecule has 1 saturated heterocycles. The number of nitrogens with zero attached hydrogens (tertiary/aromatic N) is 3. The number of hydrogen-bond acceptors (Lipinski definition) is 6. The summed E-state index contributed by atoms with van der Waals surface area (Å²) >= 11 is 0. The highest BCUT2D eigenvalue weighted by Crippen LogP contribution is 2.59. The van der Waals surface area contributed by atoms with Crippen LogP contribution in [0.15, 0.2) is 72.9 Å². The van der Waals surface area contributed by atoms with Gasteiger partial charge >= 0.3 is 6.18 Å². The Kier molecular flexibility index (Phi) is 8.86. The van der Waals surface area contributed by atoms with Crippen molar-refractivity contribution in [1.82, 2.24) is 15.0 Å². The van der Waals surface area contributed by atoms with Gasteiger partial charge in [0, 0.05) is 21.8 Å². The second-order valence-corrected chi connectivity index (χ2v) is 12.8. The van der Waals surface area contributed by atoms with Crippen LogP contribution in [0.5, 0.6) is 0 Å². The highest BCUT2D eigenvalue weighted by Gasteiger charge is 2.49. The fourth-order valence-electron chi connectivity index (χ4n) is 5.61. The molecule has 1 aliphatic heterocycles. The molecule has 0 spiro atoms. The zero-order chi connectivity index (χ0) is 31.1. The third-order valence-electron chi connectivity index (χ3n) is 7.63. The van der Waals surface area contributed by atoms with Crippen molar-refractivity contribution in [2.24, 2.45) is 0 Å². The van der Waals surface area contributed by atoms with Crippen molar-refractivity contribution in [3.63, 3.8) is 0 Å². The van der Waals surface area contributed by atoms with Gasteiger partial charge in [-0.2, -0.15) is 13.2 Å². The van der Waals surface area contributed by atoms with Gasteiger partial charge in [-0.3, -0.25) is 0 Å². The smallest absolute Gasteiger partial charge is 0.395 e. The molecule has 3 aromatic carbocycles. The molecule has 230 valence electrons. The Labute approximate surface area is 244 Å². The minimum atomic E-state index is -4.78. The second-order valence-electron chi connectivity index (χ2n) is 10.2. The van der Waals surface area contributed by atoms with E-state index in [0.717, 1.165) is 10.7 Å². The van der Waals surface area contributed by atoms with Crippen LogP contribution in [0, 0.1) is 17.5 Å². The molecule has 0 aliphatic carbocycles. The molecule has 3 unspecified atom stereocenters. The Morgan fingerprint density at radius 1 is 0.953 bits per heavy atom. The van der Waals surface area contributed by atoms with Gasteiger partial charge in [-0.15, -0.1) is 5.10 Å². The molecule has 1 aromatic heterocycles. The molecular weight excluding hydrogens is 600 g/mol. The molecule has 7 nitrogen and oxygen atoms in total. The van der Waals surface area contributed by atoms with E-state index in [4.69, 9.17) is 0 Å². The lowest BCUT2D eigenvalue weighted by Gasteiger charge is -2.49. The van der Waals surface area contributed by atoms with Crippen molar-refractivity contribution in [3.05, 3.63) is 107 Å². The molecule has 7 atom stereocenters. The van der Waals surface area contributed by atoms with E-state index in [0.29, 0.717) is 17.7 Å². The number of rotatable bonds is 7. The average molecular weight is 628 g/mol. The highest BCUT2D eigenvalue weighted by atomic mass is 32.2. The van der Waals surface area contributed by atoms with Gasteiger partial charge in [0.1, 0.15) is 11.7 Å². The number of aliphatic hydroxyl groups excluding tert-OH is 4. The number of thiol groups is 1. The predicted octanol–water partition coefficient (Wildman–Crippen LogP) is 4.49. The lowest BCUT2D eigenvalue weighted by molar-refractivity contribution is -0.138. The minimum Gasteiger partial charge on any atom is -0.395 e. The summed E-state index contributed by atoms with van der Waals surface area (Å²) in [6.07, 6.45) is -8.12. The summed E-state index contributed by atoms with van der Waals surface area (Å²) in [5.74, 6) is -4.81. The summed E-state index contributed by atoms with van der Waals surface area (Å²) < 4.78 is 84.5. The Morgan fingerprint density at radius 3 is 2.21 bits per heavy atom. The van der Waals surface area contributed by atoms with Gasteiger partial charge in [-0.1, -0.05) is 53.7 Å². The maximum Gasteiger partial charge on any atom is 0.416 e. The first-order valence-electron chi connectivity index (χ1n) is 13.1. The van der Waals surface area contributed by atoms with Crippen molar-refractivity contribution in [2.45, 2.75) is 41.0 Å². The molecule has 1 aliphatic rings. The minimum absolute atomic E-state index is 0.109. The van der Waals surface area contributed by atoms with E-state index in [-0.39, 0.29) is 22.6 Å². The molecule has 4 aromatic rings. The quantitative estimate of drug-likeness (QED) is 0.117. The molecule has 0 bridgehead atoms. The first-order chi connectivity index (χ1) is 20.4. The van der Waals surface area contributed by atoms with Gasteiger partial charge in [0.25, 0.3) is 0 Å². The van der Waals surface area contributed by atoms with Crippen LogP contribution in [0.1, 0.15) is 34.1 Å². The van der Waals surface area contributed by atoms with Crippen molar-refractivity contribution in [1.29, 1.82) is 0 Å². The Morgan fingerprint density at radius 2 is 1.58 bits per heavy atom. The Balaban J connectivity index is 1.54. The summed E-state index contributed by atoms with van der Waals surface area (Å²) in [7, 11) is -1.95. The van der Waals surface area contributed by atoms with Gasteiger partial charge in [0.15, 0.2) is 17.5 Å². The van der Waals surface area contributed by atoms with Crippen molar-refractivity contribution < 1.29 is 46.8 Å². The van der Waals surface area contributed by atoms with Crippen molar-refractivity contribution in [3.8, 4) is 11.3 Å². The van der Waals surface area contributed by atoms with Gasteiger partial charge in [-0.05, 0) is 29.3 Å². The van der Waals surface area contributed by atoms with Crippen LogP contribution in [0.3, 0.4) is 0 Å². The fraction of sp³-hybridized carbons (Fsp3) is 0.310. The summed E-state index contributed by atoms with van der Waals surface area (Å²) in [5, 5.41) is 50.0. The SMILES string of the molecule is OC[C@@H]1[C@H](O)[C@@H](n2cc(-c3cc(F)c(F)c(F)c3)nn2)[C@@H](O)C[SH]1C(c1ccccc1C(F)(F)F)C(O)c1ccccc1. The number of alkyl halides is 3. The molecule has 14 heteroatoms. The van der Waals surface area contributed by atoms with Crippen molar-refractivity contribution in [2.75, 3.05) is 12.4 Å². The van der Waals surface area contributed by atoms with E-state index in [2.05, 4.69) is 10.3 Å². The van der Waals surface area contributed by atoms with Crippen LogP contribution in [0.2, 0.25) is 0 Å². The van der Waals surface area contributed by atoms with Crippen LogP contribution in [-0.4, -0.2) is 65.2 Å². The van der Waals surface area contributed by atoms with Crippen LogP contribution >= 0.6 is 10.9 Å². The first-order valence-corrected chi connectivity index (χ1v) is 14.8. The molecule has 4 N–H and O–H groups in total. The maximum atomic E-state index is 14.2. The van der Waals surface area contributed by atoms with Crippen LogP contribution in [0.4, 0.5) is 26.3 Å². The molecular formula is C29H27F6N3O4S. The monoisotopic (exact) mass is 627 g/mol. The maximum absolute atomic E-state index is 14.2. The Bertz CT molecular complexity index is 1550. The molecule has 0 saturated carbocycles. The van der Waals surface area contributed by atoms with Crippen LogP contribution in [-0.2, 0) is 6.18 Å². The van der Waals surface area contributed by atoms with Crippen molar-refractivity contribution >= 4 is 10.9 Å². The number of hydrogen-bond donors (Lipinski definition) is 5. The number of aliphatic hydroxyl groups is 4. The highest BCUT2D eigenvalue weighted by molar-refractivity contribution is 8.17. The van der Waals surface area contributed by atoms with Gasteiger partial charge < -0.3 is 20.4 Å². The third-order valence-corrected chi connectivity index (χ3v) is 11.0. The van der Waals surface area contributed by atoms with E-state index in [1.54, 1.807) is 30.3 Å². The van der Waals surface area contributed by atoms with Crippen LogP contribution in [0.25, 0.3) is 11.3 Å². The zero-order valence-corrected chi connectivity index (χ0v) is 23.0. The molecule has 0 amide bonds. The first kappa shape index (κ1) is 31.0. The molecule has 5 rings (SSSR count).